The first-order valence-electron chi connectivity index (χ1n) is 13.1. The largest absolute Gasteiger partial charge is 0.368 e. The van der Waals surface area contributed by atoms with Gasteiger partial charge in [-0.25, -0.2) is 4.39 Å². The van der Waals surface area contributed by atoms with Gasteiger partial charge in [-0.15, -0.1) is 0 Å². The van der Waals surface area contributed by atoms with E-state index in [0.29, 0.717) is 13.0 Å². The van der Waals surface area contributed by atoms with E-state index in [0.717, 1.165) is 64.7 Å². The van der Waals surface area contributed by atoms with Crippen LogP contribution in [0.4, 0.5) is 10.1 Å². The Bertz CT molecular complexity index is 1040. The topological polar surface area (TPSA) is 18.5 Å². The molecular formula is C32H46FN3. The molecule has 0 amide bonds. The molecule has 2 rings (SSSR count). The monoisotopic (exact) mass is 491 g/mol. The van der Waals surface area contributed by atoms with Crippen LogP contribution in [0, 0.1) is 0 Å². The Balaban J connectivity index is 2.19. The minimum atomic E-state index is -1.12. The number of allylic oxidation sites excluding steroid dienone is 8. The summed E-state index contributed by atoms with van der Waals surface area (Å²) >= 11 is 0. The van der Waals surface area contributed by atoms with Gasteiger partial charge < -0.3 is 15.1 Å². The number of nitrogens with one attached hydrogen (secondary N) is 1. The quantitative estimate of drug-likeness (QED) is 0.220. The highest BCUT2D eigenvalue weighted by Crippen LogP contribution is 2.31. The highest BCUT2D eigenvalue weighted by Gasteiger charge is 2.33. The molecule has 196 valence electrons. The molecule has 1 aliphatic heterocycles. The summed E-state index contributed by atoms with van der Waals surface area (Å²) in [5, 5.41) is 3.43. The maximum Gasteiger partial charge on any atom is 0.127 e. The number of hydrogen-bond acceptors (Lipinski definition) is 3. The molecule has 1 atom stereocenters. The lowest BCUT2D eigenvalue weighted by Crippen LogP contribution is -2.30. The zero-order valence-electron chi connectivity index (χ0n) is 23.4. The Kier molecular flexibility index (Phi) is 10.8. The van der Waals surface area contributed by atoms with Gasteiger partial charge >= 0.3 is 0 Å². The van der Waals surface area contributed by atoms with Crippen molar-refractivity contribution in [1.82, 2.24) is 10.2 Å². The van der Waals surface area contributed by atoms with E-state index in [1.54, 1.807) is 6.92 Å². The fourth-order valence-electron chi connectivity index (χ4n) is 4.43. The Morgan fingerprint density at radius 2 is 1.86 bits per heavy atom. The molecular weight excluding hydrogens is 445 g/mol. The summed E-state index contributed by atoms with van der Waals surface area (Å²) in [6.07, 6.45) is 10.2. The first-order chi connectivity index (χ1) is 16.9. The number of benzene rings is 1. The van der Waals surface area contributed by atoms with E-state index in [1.807, 2.05) is 32.1 Å². The second-order valence-electron chi connectivity index (χ2n) is 10.4. The smallest absolute Gasteiger partial charge is 0.127 e. The minimum absolute atomic E-state index is 0.437. The Hall–Kier alpha value is -3.01. The number of alkyl halides is 1. The molecule has 4 heteroatoms. The van der Waals surface area contributed by atoms with Gasteiger partial charge in [0.15, 0.2) is 0 Å². The molecule has 0 bridgehead atoms. The fourth-order valence-corrected chi connectivity index (χ4v) is 4.43. The zero-order valence-corrected chi connectivity index (χ0v) is 23.4. The van der Waals surface area contributed by atoms with E-state index in [9.17, 15) is 4.39 Å². The molecule has 0 saturated carbocycles. The second-order valence-corrected chi connectivity index (χ2v) is 10.4. The second kappa shape index (κ2) is 13.3. The third-order valence-corrected chi connectivity index (χ3v) is 6.63. The van der Waals surface area contributed by atoms with Crippen molar-refractivity contribution >= 4 is 11.3 Å². The highest BCUT2D eigenvalue weighted by atomic mass is 19.1. The van der Waals surface area contributed by atoms with Gasteiger partial charge in [-0.2, -0.15) is 0 Å². The van der Waals surface area contributed by atoms with Gasteiger partial charge in [-0.3, -0.25) is 0 Å². The molecule has 0 aromatic heterocycles. The number of halogens is 1. The number of nitrogens with zero attached hydrogens (tertiary/aromatic N) is 2. The van der Waals surface area contributed by atoms with E-state index in [-0.39, 0.29) is 0 Å². The van der Waals surface area contributed by atoms with Crippen LogP contribution in [-0.4, -0.2) is 30.2 Å². The normalized spacial score (nSPS) is 18.9. The van der Waals surface area contributed by atoms with E-state index in [2.05, 4.69) is 79.9 Å². The lowest BCUT2D eigenvalue weighted by atomic mass is 10.0. The van der Waals surface area contributed by atoms with E-state index >= 15 is 0 Å². The van der Waals surface area contributed by atoms with Crippen molar-refractivity contribution in [3.05, 3.63) is 96.2 Å². The van der Waals surface area contributed by atoms with E-state index in [4.69, 9.17) is 0 Å². The summed E-state index contributed by atoms with van der Waals surface area (Å²) in [6, 6.07) is 8.25. The Labute approximate surface area is 219 Å². The van der Waals surface area contributed by atoms with Gasteiger partial charge in [0.1, 0.15) is 11.5 Å². The third-order valence-electron chi connectivity index (χ3n) is 6.63. The van der Waals surface area contributed by atoms with Crippen LogP contribution in [0.5, 0.6) is 0 Å². The van der Waals surface area contributed by atoms with Crippen LogP contribution in [0.3, 0.4) is 0 Å². The molecule has 0 radical (unpaired) electrons. The zero-order chi connectivity index (χ0) is 26.9. The molecule has 0 spiro atoms. The summed E-state index contributed by atoms with van der Waals surface area (Å²) in [5.41, 5.74) is 6.25. The molecule has 1 N–H and O–H groups in total. The fraction of sp³-hybridized carbons (Fsp3) is 0.438. The maximum absolute atomic E-state index is 14.3. The van der Waals surface area contributed by atoms with Crippen molar-refractivity contribution in [2.45, 2.75) is 72.9 Å². The number of anilines is 1. The van der Waals surface area contributed by atoms with Crippen LogP contribution in [0.1, 0.15) is 72.8 Å². The molecule has 1 saturated heterocycles. The predicted octanol–water partition coefficient (Wildman–Crippen LogP) is 8.52. The molecule has 1 heterocycles. The van der Waals surface area contributed by atoms with Gasteiger partial charge in [0.25, 0.3) is 0 Å². The van der Waals surface area contributed by atoms with Crippen molar-refractivity contribution in [2.75, 3.05) is 24.5 Å². The van der Waals surface area contributed by atoms with E-state index in [1.165, 1.54) is 12.8 Å². The first-order valence-corrected chi connectivity index (χ1v) is 13.1. The van der Waals surface area contributed by atoms with Crippen LogP contribution in [0.15, 0.2) is 90.6 Å². The van der Waals surface area contributed by atoms with Gasteiger partial charge in [0.05, 0.1) is 6.54 Å². The van der Waals surface area contributed by atoms with Gasteiger partial charge in [-0.05, 0) is 76.0 Å². The van der Waals surface area contributed by atoms with Crippen molar-refractivity contribution < 1.29 is 4.39 Å². The molecule has 1 aromatic carbocycles. The van der Waals surface area contributed by atoms with Gasteiger partial charge in [0, 0.05) is 36.6 Å². The lowest BCUT2D eigenvalue weighted by Gasteiger charge is -2.29. The molecule has 36 heavy (non-hydrogen) atoms. The van der Waals surface area contributed by atoms with Crippen LogP contribution in [0.25, 0.3) is 5.57 Å². The summed E-state index contributed by atoms with van der Waals surface area (Å²) in [6.45, 7) is 26.9. The van der Waals surface area contributed by atoms with Crippen LogP contribution < -0.4 is 10.2 Å². The van der Waals surface area contributed by atoms with Crippen LogP contribution in [0.2, 0.25) is 0 Å². The number of rotatable bonds is 13. The molecule has 1 aromatic rings. The highest BCUT2D eigenvalue weighted by molar-refractivity contribution is 5.75. The summed E-state index contributed by atoms with van der Waals surface area (Å²) in [5.74, 6) is 0.864. The van der Waals surface area contributed by atoms with Crippen LogP contribution >= 0.6 is 0 Å². The van der Waals surface area contributed by atoms with Crippen LogP contribution in [-0.2, 0) is 0 Å². The average Bonchev–Trinajstić information content (AvgIpc) is 3.18. The maximum atomic E-state index is 14.3. The summed E-state index contributed by atoms with van der Waals surface area (Å²) < 4.78 is 14.3. The number of unbranched alkanes of at least 4 members (excludes halogenated alkanes) is 2. The van der Waals surface area contributed by atoms with Crippen molar-refractivity contribution in [3.63, 3.8) is 0 Å². The SMILES string of the molecule is C=C(C)/C=C(\C)NC(=C)N(CCCCC)/C(C)=C(C)/C=C\C(=C)c1cccc(N2CCC(C)(F)C2)c1. The predicted molar refractivity (Wildman–Crippen MR) is 156 cm³/mol. The van der Waals surface area contributed by atoms with Crippen molar-refractivity contribution in [1.29, 1.82) is 0 Å². The van der Waals surface area contributed by atoms with E-state index < -0.39 is 5.67 Å². The van der Waals surface area contributed by atoms with Gasteiger partial charge in [0.2, 0.25) is 0 Å². The average molecular weight is 492 g/mol. The first kappa shape index (κ1) is 29.2. The number of hydrogen-bond donors (Lipinski definition) is 1. The molecule has 1 fully saturated rings. The van der Waals surface area contributed by atoms with Gasteiger partial charge in [-0.1, -0.05) is 69.4 Å². The Morgan fingerprint density at radius 1 is 1.14 bits per heavy atom. The molecule has 1 unspecified atom stereocenters. The third kappa shape index (κ3) is 8.89. The standard InChI is InChI=1S/C32H46FN3/c1-10-11-12-19-36(29(8)34-27(6)21-24(2)3)28(7)25(4)16-17-26(5)30-14-13-15-31(22-30)35-20-18-32(9,33)23-35/h13-17,21-22,34H,2,5,8,10-12,18-20,23H2,1,3-4,6-7,9H3/b17-16-,27-21+,28-25+. The van der Waals surface area contributed by atoms with Crippen molar-refractivity contribution in [2.24, 2.45) is 0 Å². The Morgan fingerprint density at radius 3 is 2.47 bits per heavy atom. The molecule has 1 aliphatic rings. The summed E-state index contributed by atoms with van der Waals surface area (Å²) in [4.78, 5) is 4.38. The lowest BCUT2D eigenvalue weighted by molar-refractivity contribution is 0.221. The minimum Gasteiger partial charge on any atom is -0.368 e. The van der Waals surface area contributed by atoms with Crippen molar-refractivity contribution in [3.8, 4) is 0 Å². The molecule has 0 aliphatic carbocycles. The summed E-state index contributed by atoms with van der Waals surface area (Å²) in [7, 11) is 0. The molecule has 3 nitrogen and oxygen atoms in total.